The molecule has 1 saturated heterocycles. The number of methoxy groups -OCH3 is 1. The summed E-state index contributed by atoms with van der Waals surface area (Å²) in [6.45, 7) is 2.21. The zero-order valence-electron chi connectivity index (χ0n) is 18.8. The van der Waals surface area contributed by atoms with Gasteiger partial charge < -0.3 is 9.64 Å². The van der Waals surface area contributed by atoms with E-state index in [1.54, 1.807) is 7.11 Å². The van der Waals surface area contributed by atoms with Gasteiger partial charge in [-0.05, 0) is 60.4 Å². The molecule has 3 aromatic rings. The number of nitrogens with zero attached hydrogens (tertiary/aromatic N) is 1. The van der Waals surface area contributed by atoms with Gasteiger partial charge in [0.05, 0.1) is 19.1 Å². The molecule has 162 valence electrons. The molecule has 1 fully saturated rings. The van der Waals surface area contributed by atoms with Gasteiger partial charge in [0.15, 0.2) is 0 Å². The van der Waals surface area contributed by atoms with E-state index < -0.39 is 0 Å². The number of ether oxygens (including phenoxy) is 1. The molecule has 1 amide bonds. The summed E-state index contributed by atoms with van der Waals surface area (Å²) in [5.74, 6) is 7.30. The number of aryl methyl sites for hydroxylation is 1. The SMILES string of the molecule is CCCCc1ccc(C#CC[C@H]2C(=O)N(c3ccccc3)[C@@H]2c2ccc(OC)cc2)cc1. The van der Waals surface area contributed by atoms with Crippen LogP contribution in [0, 0.1) is 17.8 Å². The van der Waals surface area contributed by atoms with Gasteiger partial charge in [-0.15, -0.1) is 0 Å². The molecule has 0 spiro atoms. The van der Waals surface area contributed by atoms with Crippen molar-refractivity contribution in [2.24, 2.45) is 5.92 Å². The van der Waals surface area contributed by atoms with Crippen LogP contribution in [0.3, 0.4) is 0 Å². The van der Waals surface area contributed by atoms with Crippen LogP contribution in [0.2, 0.25) is 0 Å². The van der Waals surface area contributed by atoms with Crippen molar-refractivity contribution in [1.29, 1.82) is 0 Å². The van der Waals surface area contributed by atoms with Gasteiger partial charge in [0.25, 0.3) is 0 Å². The second-order valence-corrected chi connectivity index (χ2v) is 8.17. The van der Waals surface area contributed by atoms with E-state index in [1.807, 2.05) is 59.5 Å². The van der Waals surface area contributed by atoms with Crippen molar-refractivity contribution in [1.82, 2.24) is 0 Å². The third-order valence-electron chi connectivity index (χ3n) is 6.03. The molecule has 0 saturated carbocycles. The Morgan fingerprint density at radius 2 is 1.66 bits per heavy atom. The predicted octanol–water partition coefficient (Wildman–Crippen LogP) is 6.18. The minimum absolute atomic E-state index is 0.0264. The fourth-order valence-electron chi connectivity index (χ4n) is 4.21. The Kier molecular flexibility index (Phi) is 6.92. The number of benzene rings is 3. The first-order valence-corrected chi connectivity index (χ1v) is 11.3. The largest absolute Gasteiger partial charge is 0.497 e. The van der Waals surface area contributed by atoms with Crippen molar-refractivity contribution < 1.29 is 9.53 Å². The second kappa shape index (κ2) is 10.2. The predicted molar refractivity (Wildman–Crippen MR) is 130 cm³/mol. The number of hydrogen-bond acceptors (Lipinski definition) is 2. The van der Waals surface area contributed by atoms with E-state index >= 15 is 0 Å². The summed E-state index contributed by atoms with van der Waals surface area (Å²) in [4.78, 5) is 15.0. The number of carbonyl (C=O) groups is 1. The van der Waals surface area contributed by atoms with E-state index in [4.69, 9.17) is 4.74 Å². The molecule has 3 nitrogen and oxygen atoms in total. The van der Waals surface area contributed by atoms with Gasteiger partial charge in [-0.25, -0.2) is 0 Å². The lowest BCUT2D eigenvalue weighted by Gasteiger charge is -2.47. The van der Waals surface area contributed by atoms with E-state index in [1.165, 1.54) is 18.4 Å². The number of β-lactam (4-membered cyclic amide) rings is 1. The monoisotopic (exact) mass is 423 g/mol. The molecule has 0 radical (unpaired) electrons. The molecule has 1 aliphatic heterocycles. The van der Waals surface area contributed by atoms with E-state index in [0.717, 1.165) is 29.0 Å². The van der Waals surface area contributed by atoms with Crippen molar-refractivity contribution in [2.75, 3.05) is 12.0 Å². The minimum atomic E-state index is -0.153. The Balaban J connectivity index is 1.52. The molecule has 3 heteroatoms. The molecule has 4 rings (SSSR count). The number of anilines is 1. The molecule has 3 aromatic carbocycles. The highest BCUT2D eigenvalue weighted by atomic mass is 16.5. The summed E-state index contributed by atoms with van der Waals surface area (Å²) in [5.41, 5.74) is 4.37. The summed E-state index contributed by atoms with van der Waals surface area (Å²) in [7, 11) is 1.66. The van der Waals surface area contributed by atoms with Gasteiger partial charge in [0, 0.05) is 17.7 Å². The zero-order chi connectivity index (χ0) is 22.3. The van der Waals surface area contributed by atoms with E-state index in [0.29, 0.717) is 6.42 Å². The summed E-state index contributed by atoms with van der Waals surface area (Å²) < 4.78 is 5.30. The third-order valence-corrected chi connectivity index (χ3v) is 6.03. The van der Waals surface area contributed by atoms with Crippen molar-refractivity contribution >= 4 is 11.6 Å². The van der Waals surface area contributed by atoms with Crippen molar-refractivity contribution in [3.05, 3.63) is 95.6 Å². The maximum Gasteiger partial charge on any atom is 0.234 e. The molecule has 1 heterocycles. The summed E-state index contributed by atoms with van der Waals surface area (Å²) in [6.07, 6.45) is 4.06. The number of carbonyl (C=O) groups excluding carboxylic acids is 1. The molecule has 2 atom stereocenters. The van der Waals surface area contributed by atoms with Crippen molar-refractivity contribution in [3.8, 4) is 17.6 Å². The van der Waals surface area contributed by atoms with Crippen LogP contribution in [-0.2, 0) is 11.2 Å². The summed E-state index contributed by atoms with van der Waals surface area (Å²) in [6, 6.07) is 26.3. The molecule has 32 heavy (non-hydrogen) atoms. The van der Waals surface area contributed by atoms with Crippen molar-refractivity contribution in [2.45, 2.75) is 38.6 Å². The normalized spacial score (nSPS) is 17.3. The molecule has 0 bridgehead atoms. The number of amides is 1. The lowest BCUT2D eigenvalue weighted by Crippen LogP contribution is -2.55. The summed E-state index contributed by atoms with van der Waals surface area (Å²) in [5, 5.41) is 0. The number of rotatable bonds is 7. The van der Waals surface area contributed by atoms with Crippen LogP contribution >= 0.6 is 0 Å². The van der Waals surface area contributed by atoms with E-state index in [2.05, 4.69) is 43.0 Å². The Hall–Kier alpha value is -3.51. The minimum Gasteiger partial charge on any atom is -0.497 e. The average Bonchev–Trinajstić information content (AvgIpc) is 2.85. The third kappa shape index (κ3) is 4.70. The molecule has 0 N–H and O–H groups in total. The summed E-state index contributed by atoms with van der Waals surface area (Å²) >= 11 is 0. The molecule has 0 aromatic heterocycles. The first-order chi connectivity index (χ1) is 15.7. The van der Waals surface area contributed by atoms with Gasteiger partial charge in [-0.3, -0.25) is 4.79 Å². The molecular weight excluding hydrogens is 394 g/mol. The molecule has 0 aliphatic carbocycles. The van der Waals surface area contributed by atoms with Crippen LogP contribution in [0.15, 0.2) is 78.9 Å². The van der Waals surface area contributed by atoms with Crippen LogP contribution < -0.4 is 9.64 Å². The van der Waals surface area contributed by atoms with E-state index in [-0.39, 0.29) is 17.9 Å². The first-order valence-electron chi connectivity index (χ1n) is 11.3. The van der Waals surface area contributed by atoms with E-state index in [9.17, 15) is 4.79 Å². The van der Waals surface area contributed by atoms with Gasteiger partial charge >= 0.3 is 0 Å². The maximum atomic E-state index is 13.1. The molecular formula is C29H29NO2. The van der Waals surface area contributed by atoms with Crippen LogP contribution in [-0.4, -0.2) is 13.0 Å². The number of para-hydroxylation sites is 1. The average molecular weight is 424 g/mol. The fraction of sp³-hybridized carbons (Fsp3) is 0.276. The lowest BCUT2D eigenvalue weighted by molar-refractivity contribution is -0.130. The Morgan fingerprint density at radius 3 is 2.31 bits per heavy atom. The van der Waals surface area contributed by atoms with Gasteiger partial charge in [0.1, 0.15) is 5.75 Å². The molecule has 1 aliphatic rings. The van der Waals surface area contributed by atoms with Gasteiger partial charge in [-0.1, -0.05) is 67.6 Å². The van der Waals surface area contributed by atoms with Gasteiger partial charge in [-0.2, -0.15) is 0 Å². The highest BCUT2D eigenvalue weighted by molar-refractivity contribution is 6.03. The topological polar surface area (TPSA) is 29.5 Å². The fourth-order valence-corrected chi connectivity index (χ4v) is 4.21. The Labute approximate surface area is 191 Å². The Bertz CT molecular complexity index is 1090. The highest BCUT2D eigenvalue weighted by Crippen LogP contribution is 2.45. The maximum absolute atomic E-state index is 13.1. The second-order valence-electron chi connectivity index (χ2n) is 8.17. The number of hydrogen-bond donors (Lipinski definition) is 0. The standard InChI is InChI=1S/C29H29NO2/c1-3-4-9-22-14-16-23(17-15-22)10-8-13-27-28(24-18-20-26(32-2)21-19-24)30(29(27)31)25-11-6-5-7-12-25/h5-7,11-12,14-21,27-28H,3-4,9,13H2,1-2H3/t27-,28-/m1/s1. The highest BCUT2D eigenvalue weighted by Gasteiger charge is 2.48. The van der Waals surface area contributed by atoms with Crippen LogP contribution in [0.4, 0.5) is 5.69 Å². The first kappa shape index (κ1) is 21.7. The molecule has 0 unspecified atom stereocenters. The van der Waals surface area contributed by atoms with Crippen LogP contribution in [0.25, 0.3) is 0 Å². The Morgan fingerprint density at radius 1 is 0.938 bits per heavy atom. The smallest absolute Gasteiger partial charge is 0.234 e. The van der Waals surface area contributed by atoms with Crippen LogP contribution in [0.1, 0.15) is 48.9 Å². The van der Waals surface area contributed by atoms with Crippen molar-refractivity contribution in [3.63, 3.8) is 0 Å². The van der Waals surface area contributed by atoms with Crippen LogP contribution in [0.5, 0.6) is 5.75 Å². The zero-order valence-corrected chi connectivity index (χ0v) is 18.8. The number of unbranched alkanes of at least 4 members (excludes halogenated alkanes) is 1. The lowest BCUT2D eigenvalue weighted by atomic mass is 9.80. The quantitative estimate of drug-likeness (QED) is 0.335. The van der Waals surface area contributed by atoms with Gasteiger partial charge in [0.2, 0.25) is 5.91 Å².